The van der Waals surface area contributed by atoms with Gasteiger partial charge in [0.05, 0.1) is 6.61 Å². The van der Waals surface area contributed by atoms with Gasteiger partial charge in [-0.05, 0) is 36.5 Å². The van der Waals surface area contributed by atoms with E-state index in [1.54, 1.807) is 7.11 Å². The molecule has 0 aliphatic carbocycles. The molecular formula is C15H22N2O2. The predicted molar refractivity (Wildman–Crippen MR) is 76.1 cm³/mol. The smallest absolute Gasteiger partial charge is 0.321 e. The summed E-state index contributed by atoms with van der Waals surface area (Å²) in [6, 6.07) is 7.78. The van der Waals surface area contributed by atoms with E-state index in [2.05, 4.69) is 12.2 Å². The molecule has 1 heterocycles. The summed E-state index contributed by atoms with van der Waals surface area (Å²) >= 11 is 0. The van der Waals surface area contributed by atoms with E-state index in [0.717, 1.165) is 30.8 Å². The van der Waals surface area contributed by atoms with Crippen LogP contribution in [0.15, 0.2) is 24.3 Å². The van der Waals surface area contributed by atoms with Crippen molar-refractivity contribution in [3.63, 3.8) is 0 Å². The summed E-state index contributed by atoms with van der Waals surface area (Å²) in [6.45, 7) is 4.46. The van der Waals surface area contributed by atoms with E-state index in [9.17, 15) is 4.79 Å². The zero-order chi connectivity index (χ0) is 13.7. The van der Waals surface area contributed by atoms with Crippen molar-refractivity contribution in [1.29, 1.82) is 0 Å². The summed E-state index contributed by atoms with van der Waals surface area (Å²) in [4.78, 5) is 14.1. The lowest BCUT2D eigenvalue weighted by Crippen LogP contribution is -2.41. The van der Waals surface area contributed by atoms with Crippen molar-refractivity contribution in [2.75, 3.05) is 25.5 Å². The molecule has 1 N–H and O–H groups in total. The van der Waals surface area contributed by atoms with Gasteiger partial charge in [0.1, 0.15) is 0 Å². The van der Waals surface area contributed by atoms with Gasteiger partial charge in [-0.25, -0.2) is 4.79 Å². The number of nitrogens with one attached hydrogen (secondary N) is 1. The molecule has 1 aromatic carbocycles. The number of rotatable bonds is 3. The Hall–Kier alpha value is -1.55. The Morgan fingerprint density at radius 3 is 3.11 bits per heavy atom. The lowest BCUT2D eigenvalue weighted by molar-refractivity contribution is 0.182. The molecule has 0 bridgehead atoms. The fourth-order valence-electron chi connectivity index (χ4n) is 2.48. The van der Waals surface area contributed by atoms with Crippen LogP contribution >= 0.6 is 0 Å². The first-order valence-electron chi connectivity index (χ1n) is 6.83. The number of methoxy groups -OCH3 is 1. The van der Waals surface area contributed by atoms with Gasteiger partial charge in [0.25, 0.3) is 0 Å². The Morgan fingerprint density at radius 2 is 2.37 bits per heavy atom. The van der Waals surface area contributed by atoms with Crippen molar-refractivity contribution in [2.24, 2.45) is 5.92 Å². The van der Waals surface area contributed by atoms with Gasteiger partial charge in [0.2, 0.25) is 0 Å². The molecule has 104 valence electrons. The number of carbonyl (C=O) groups is 1. The summed E-state index contributed by atoms with van der Waals surface area (Å²) in [5, 5.41) is 2.96. The molecule has 2 amide bonds. The maximum Gasteiger partial charge on any atom is 0.321 e. The van der Waals surface area contributed by atoms with Crippen molar-refractivity contribution in [3.05, 3.63) is 29.8 Å². The quantitative estimate of drug-likeness (QED) is 0.909. The minimum absolute atomic E-state index is 0.00103. The second-order valence-corrected chi connectivity index (χ2v) is 5.26. The molecule has 2 rings (SSSR count). The van der Waals surface area contributed by atoms with E-state index in [0.29, 0.717) is 12.5 Å². The number of carbonyl (C=O) groups excluding carboxylic acids is 1. The van der Waals surface area contributed by atoms with Crippen molar-refractivity contribution < 1.29 is 9.53 Å². The number of urea groups is 1. The fraction of sp³-hybridized carbons (Fsp3) is 0.533. The molecule has 4 nitrogen and oxygen atoms in total. The van der Waals surface area contributed by atoms with Crippen molar-refractivity contribution >= 4 is 11.7 Å². The lowest BCUT2D eigenvalue weighted by Gasteiger charge is -2.31. The van der Waals surface area contributed by atoms with E-state index in [-0.39, 0.29) is 6.03 Å². The summed E-state index contributed by atoms with van der Waals surface area (Å²) in [7, 11) is 1.67. The Bertz CT molecular complexity index is 434. The first-order chi connectivity index (χ1) is 9.19. The highest BCUT2D eigenvalue weighted by Crippen LogP contribution is 2.17. The molecule has 0 aromatic heterocycles. The number of piperidine rings is 1. The number of ether oxygens (including phenoxy) is 1. The number of likely N-dealkylation sites (tertiary alicyclic amines) is 1. The van der Waals surface area contributed by atoms with E-state index < -0.39 is 0 Å². The molecule has 0 spiro atoms. The predicted octanol–water partition coefficient (Wildman–Crippen LogP) is 3.10. The number of hydrogen-bond donors (Lipinski definition) is 1. The summed E-state index contributed by atoms with van der Waals surface area (Å²) in [5.41, 5.74) is 1.89. The standard InChI is InChI=1S/C15H22N2O2/c1-12-5-4-8-17(10-12)15(18)16-14-7-3-6-13(9-14)11-19-2/h3,6-7,9,12H,4-5,8,10-11H2,1-2H3,(H,16,18). The highest BCUT2D eigenvalue weighted by molar-refractivity contribution is 5.89. The zero-order valence-electron chi connectivity index (χ0n) is 11.7. The number of hydrogen-bond acceptors (Lipinski definition) is 2. The third-order valence-corrected chi connectivity index (χ3v) is 3.43. The average Bonchev–Trinajstić information content (AvgIpc) is 2.39. The molecule has 19 heavy (non-hydrogen) atoms. The number of anilines is 1. The largest absolute Gasteiger partial charge is 0.380 e. The van der Waals surface area contributed by atoms with E-state index >= 15 is 0 Å². The van der Waals surface area contributed by atoms with Crippen LogP contribution in [-0.4, -0.2) is 31.1 Å². The van der Waals surface area contributed by atoms with Gasteiger partial charge < -0.3 is 15.0 Å². The van der Waals surface area contributed by atoms with Gasteiger partial charge in [-0.15, -0.1) is 0 Å². The van der Waals surface area contributed by atoms with Gasteiger partial charge in [0.15, 0.2) is 0 Å². The van der Waals surface area contributed by atoms with E-state index in [1.165, 1.54) is 6.42 Å². The number of amides is 2. The summed E-state index contributed by atoms with van der Waals surface area (Å²) < 4.78 is 5.10. The average molecular weight is 262 g/mol. The van der Waals surface area contributed by atoms with Crippen LogP contribution in [0.25, 0.3) is 0 Å². The highest BCUT2D eigenvalue weighted by Gasteiger charge is 2.20. The molecule has 4 heteroatoms. The Balaban J connectivity index is 1.96. The van der Waals surface area contributed by atoms with Crippen LogP contribution in [0.5, 0.6) is 0 Å². The zero-order valence-corrected chi connectivity index (χ0v) is 11.7. The van der Waals surface area contributed by atoms with Crippen LogP contribution in [0, 0.1) is 5.92 Å². The minimum Gasteiger partial charge on any atom is -0.380 e. The lowest BCUT2D eigenvalue weighted by atomic mass is 10.0. The normalized spacial score (nSPS) is 19.3. The van der Waals surface area contributed by atoms with Crippen molar-refractivity contribution in [3.8, 4) is 0 Å². The Labute approximate surface area is 114 Å². The molecule has 1 aliphatic rings. The van der Waals surface area contributed by atoms with Gasteiger partial charge in [-0.3, -0.25) is 0 Å². The monoisotopic (exact) mass is 262 g/mol. The molecule has 1 aromatic rings. The highest BCUT2D eigenvalue weighted by atomic mass is 16.5. The number of nitrogens with zero attached hydrogens (tertiary/aromatic N) is 1. The van der Waals surface area contributed by atoms with Crippen LogP contribution in [0.3, 0.4) is 0 Å². The van der Waals surface area contributed by atoms with Crippen molar-refractivity contribution in [2.45, 2.75) is 26.4 Å². The van der Waals surface area contributed by atoms with Crippen LogP contribution < -0.4 is 5.32 Å². The van der Waals surface area contributed by atoms with Gasteiger partial charge in [-0.1, -0.05) is 19.1 Å². The van der Waals surface area contributed by atoms with Crippen LogP contribution in [0.2, 0.25) is 0 Å². The molecule has 1 atom stereocenters. The molecule has 1 unspecified atom stereocenters. The maximum atomic E-state index is 12.2. The fourth-order valence-corrected chi connectivity index (χ4v) is 2.48. The third-order valence-electron chi connectivity index (χ3n) is 3.43. The van der Waals surface area contributed by atoms with E-state index in [4.69, 9.17) is 4.74 Å². The van der Waals surface area contributed by atoms with Crippen LogP contribution in [-0.2, 0) is 11.3 Å². The van der Waals surface area contributed by atoms with Crippen LogP contribution in [0.4, 0.5) is 10.5 Å². The van der Waals surface area contributed by atoms with Crippen molar-refractivity contribution in [1.82, 2.24) is 4.90 Å². The summed E-state index contributed by atoms with van der Waals surface area (Å²) in [5.74, 6) is 0.597. The molecule has 1 aliphatic heterocycles. The van der Waals surface area contributed by atoms with Gasteiger partial charge in [0, 0.05) is 25.9 Å². The first kappa shape index (κ1) is 13.9. The van der Waals surface area contributed by atoms with E-state index in [1.807, 2.05) is 29.2 Å². The molecule has 1 saturated heterocycles. The van der Waals surface area contributed by atoms with Gasteiger partial charge >= 0.3 is 6.03 Å². The second-order valence-electron chi connectivity index (χ2n) is 5.26. The first-order valence-corrected chi connectivity index (χ1v) is 6.83. The Kier molecular flexibility index (Phi) is 4.80. The molecule has 1 fully saturated rings. The third kappa shape index (κ3) is 3.96. The van der Waals surface area contributed by atoms with Gasteiger partial charge in [-0.2, -0.15) is 0 Å². The Morgan fingerprint density at radius 1 is 1.53 bits per heavy atom. The number of benzene rings is 1. The minimum atomic E-state index is 0.00103. The maximum absolute atomic E-state index is 12.2. The molecular weight excluding hydrogens is 240 g/mol. The topological polar surface area (TPSA) is 41.6 Å². The SMILES string of the molecule is COCc1cccc(NC(=O)N2CCCC(C)C2)c1. The second kappa shape index (κ2) is 6.57. The molecule has 0 radical (unpaired) electrons. The van der Waals surface area contributed by atoms with Crippen LogP contribution in [0.1, 0.15) is 25.3 Å². The molecule has 0 saturated carbocycles. The summed E-state index contributed by atoms with van der Waals surface area (Å²) in [6.07, 6.45) is 2.31.